The van der Waals surface area contributed by atoms with Gasteiger partial charge in [0.1, 0.15) is 5.92 Å². The fourth-order valence-corrected chi connectivity index (χ4v) is 3.58. The van der Waals surface area contributed by atoms with Crippen molar-refractivity contribution in [2.75, 3.05) is 14.2 Å². The lowest BCUT2D eigenvalue weighted by Crippen LogP contribution is -2.72. The van der Waals surface area contributed by atoms with Crippen molar-refractivity contribution in [2.24, 2.45) is 5.92 Å². The van der Waals surface area contributed by atoms with Crippen LogP contribution in [0.4, 0.5) is 18.0 Å². The van der Waals surface area contributed by atoms with Crippen molar-refractivity contribution in [2.45, 2.75) is 17.9 Å². The zero-order valence-corrected chi connectivity index (χ0v) is 17.0. The molecule has 0 saturated carbocycles. The SMILES string of the molecule is COc1ccc([C@H]2NC(=O)N[C@@](O)(C(F)(F)F)[C@@H]2C(=O)c2ccc(Cl)cc2)cc1OC. The van der Waals surface area contributed by atoms with Gasteiger partial charge in [-0.15, -0.1) is 0 Å². The Morgan fingerprint density at radius 1 is 1.10 bits per heavy atom. The van der Waals surface area contributed by atoms with Crippen molar-refractivity contribution in [3.63, 3.8) is 0 Å². The third-order valence-electron chi connectivity index (χ3n) is 4.98. The Bertz CT molecular complexity index is 999. The third-order valence-corrected chi connectivity index (χ3v) is 5.24. The molecule has 1 fully saturated rings. The van der Waals surface area contributed by atoms with Crippen molar-refractivity contribution < 1.29 is 37.3 Å². The fraction of sp³-hybridized carbons (Fsp3) is 0.300. The first-order valence-corrected chi connectivity index (χ1v) is 9.29. The Kier molecular flexibility index (Phi) is 6.06. The first-order chi connectivity index (χ1) is 14.5. The van der Waals surface area contributed by atoms with E-state index in [9.17, 15) is 27.9 Å². The van der Waals surface area contributed by atoms with Crippen molar-refractivity contribution in [3.8, 4) is 11.5 Å². The van der Waals surface area contributed by atoms with E-state index < -0.39 is 35.7 Å². The molecule has 3 atom stereocenters. The molecule has 166 valence electrons. The Balaban J connectivity index is 2.18. The Morgan fingerprint density at radius 3 is 2.26 bits per heavy atom. The number of ketones is 1. The molecule has 1 saturated heterocycles. The standard InChI is InChI=1S/C20H18ClF3N2O5/c1-30-13-8-5-11(9-14(13)31-2)16-15(17(27)10-3-6-12(21)7-4-10)19(29,20(22,23)24)26-18(28)25-16/h3-9,15-16,29H,1-2H3,(H2,25,26,28)/t15-,16+,19-/m0/s1. The fourth-order valence-electron chi connectivity index (χ4n) is 3.46. The number of urea groups is 1. The highest BCUT2D eigenvalue weighted by Crippen LogP contribution is 2.45. The van der Waals surface area contributed by atoms with Crippen molar-refractivity contribution in [1.82, 2.24) is 10.6 Å². The largest absolute Gasteiger partial charge is 0.493 e. The monoisotopic (exact) mass is 458 g/mol. The Hall–Kier alpha value is -2.98. The zero-order valence-electron chi connectivity index (χ0n) is 16.3. The molecule has 0 bridgehead atoms. The second-order valence-electron chi connectivity index (χ2n) is 6.80. The Labute approximate surface area is 180 Å². The van der Waals surface area contributed by atoms with E-state index in [1.165, 1.54) is 62.0 Å². The molecule has 3 rings (SSSR count). The van der Waals surface area contributed by atoms with Gasteiger partial charge < -0.3 is 25.2 Å². The normalized spacial score (nSPS) is 23.5. The summed E-state index contributed by atoms with van der Waals surface area (Å²) in [6.07, 6.45) is -5.35. The van der Waals surface area contributed by atoms with Gasteiger partial charge >= 0.3 is 12.2 Å². The van der Waals surface area contributed by atoms with Crippen LogP contribution in [0.3, 0.4) is 0 Å². The van der Waals surface area contributed by atoms with E-state index in [0.29, 0.717) is 0 Å². The maximum atomic E-state index is 13.9. The number of rotatable bonds is 5. The van der Waals surface area contributed by atoms with Crippen LogP contribution in [0.5, 0.6) is 11.5 Å². The number of carbonyl (C=O) groups excluding carboxylic acids is 2. The van der Waals surface area contributed by atoms with Gasteiger partial charge in [0.15, 0.2) is 17.3 Å². The molecule has 2 aromatic rings. The van der Waals surface area contributed by atoms with Crippen LogP contribution in [0, 0.1) is 5.92 Å². The molecule has 0 aliphatic carbocycles. The number of ether oxygens (including phenoxy) is 2. The lowest BCUT2D eigenvalue weighted by atomic mass is 9.77. The highest BCUT2D eigenvalue weighted by atomic mass is 35.5. The summed E-state index contributed by atoms with van der Waals surface area (Å²) in [5.74, 6) is -2.76. The summed E-state index contributed by atoms with van der Waals surface area (Å²) in [7, 11) is 2.70. The molecule has 0 spiro atoms. The number of amides is 2. The van der Waals surface area contributed by atoms with Gasteiger partial charge in [-0.25, -0.2) is 4.79 Å². The summed E-state index contributed by atoms with van der Waals surface area (Å²) >= 11 is 5.80. The predicted molar refractivity (Wildman–Crippen MR) is 104 cm³/mol. The summed E-state index contributed by atoms with van der Waals surface area (Å²) in [5, 5.41) is 14.6. The van der Waals surface area contributed by atoms with Gasteiger partial charge in [-0.2, -0.15) is 13.2 Å². The molecule has 1 aliphatic heterocycles. The van der Waals surface area contributed by atoms with E-state index in [1.54, 1.807) is 0 Å². The van der Waals surface area contributed by atoms with E-state index in [2.05, 4.69) is 5.32 Å². The van der Waals surface area contributed by atoms with E-state index in [1.807, 2.05) is 0 Å². The van der Waals surface area contributed by atoms with E-state index in [4.69, 9.17) is 21.1 Å². The molecule has 2 amide bonds. The molecule has 11 heteroatoms. The highest BCUT2D eigenvalue weighted by molar-refractivity contribution is 6.30. The average Bonchev–Trinajstić information content (AvgIpc) is 2.72. The van der Waals surface area contributed by atoms with Gasteiger partial charge in [0.2, 0.25) is 5.72 Å². The van der Waals surface area contributed by atoms with E-state index in [-0.39, 0.29) is 27.6 Å². The van der Waals surface area contributed by atoms with Crippen molar-refractivity contribution in [1.29, 1.82) is 0 Å². The van der Waals surface area contributed by atoms with Crippen molar-refractivity contribution in [3.05, 3.63) is 58.6 Å². The molecular weight excluding hydrogens is 441 g/mol. The topological polar surface area (TPSA) is 96.9 Å². The first kappa shape index (κ1) is 22.7. The van der Waals surface area contributed by atoms with Gasteiger partial charge in [-0.1, -0.05) is 17.7 Å². The molecule has 1 heterocycles. The van der Waals surface area contributed by atoms with Crippen LogP contribution in [-0.2, 0) is 0 Å². The maximum absolute atomic E-state index is 13.9. The van der Waals surface area contributed by atoms with Gasteiger partial charge in [-0.3, -0.25) is 4.79 Å². The molecule has 0 radical (unpaired) electrons. The molecular formula is C20H18ClF3N2O5. The van der Waals surface area contributed by atoms with Crippen LogP contribution in [0.25, 0.3) is 0 Å². The second-order valence-corrected chi connectivity index (χ2v) is 7.24. The van der Waals surface area contributed by atoms with Gasteiger partial charge in [0.25, 0.3) is 0 Å². The molecule has 3 N–H and O–H groups in total. The number of nitrogens with one attached hydrogen (secondary N) is 2. The van der Waals surface area contributed by atoms with Crippen molar-refractivity contribution >= 4 is 23.4 Å². The molecule has 7 nitrogen and oxygen atoms in total. The second kappa shape index (κ2) is 8.27. The maximum Gasteiger partial charge on any atom is 0.437 e. The van der Waals surface area contributed by atoms with Crippen LogP contribution in [0.1, 0.15) is 22.0 Å². The quantitative estimate of drug-likeness (QED) is 0.596. The summed E-state index contributed by atoms with van der Waals surface area (Å²) in [6.45, 7) is 0. The highest BCUT2D eigenvalue weighted by Gasteiger charge is 2.66. The van der Waals surface area contributed by atoms with Crippen LogP contribution < -0.4 is 20.1 Å². The number of halogens is 4. The number of methoxy groups -OCH3 is 2. The molecule has 0 unspecified atom stereocenters. The molecule has 1 aliphatic rings. The van der Waals surface area contributed by atoms with E-state index in [0.717, 1.165) is 0 Å². The number of hydrogen-bond acceptors (Lipinski definition) is 5. The minimum atomic E-state index is -5.35. The zero-order chi connectivity index (χ0) is 23.0. The summed E-state index contributed by atoms with van der Waals surface area (Å²) in [4.78, 5) is 25.3. The smallest absolute Gasteiger partial charge is 0.437 e. The number of Topliss-reactive ketones (excluding diaryl/α,β-unsaturated/α-hetero) is 1. The summed E-state index contributed by atoms with van der Waals surface area (Å²) in [6, 6.07) is 6.43. The first-order valence-electron chi connectivity index (χ1n) is 8.91. The van der Waals surface area contributed by atoms with Crippen LogP contribution >= 0.6 is 11.6 Å². The molecule has 2 aromatic carbocycles. The number of hydrogen-bond donors (Lipinski definition) is 3. The number of alkyl halides is 3. The van der Waals surface area contributed by atoms with Gasteiger partial charge in [0.05, 0.1) is 20.3 Å². The van der Waals surface area contributed by atoms with Crippen LogP contribution in [0.2, 0.25) is 5.02 Å². The predicted octanol–water partition coefficient (Wildman–Crippen LogP) is 3.46. The molecule has 31 heavy (non-hydrogen) atoms. The number of aliphatic hydroxyl groups is 1. The summed E-state index contributed by atoms with van der Waals surface area (Å²) in [5.41, 5.74) is -3.85. The van der Waals surface area contributed by atoms with Gasteiger partial charge in [-0.05, 0) is 42.0 Å². The summed E-state index contributed by atoms with van der Waals surface area (Å²) < 4.78 is 52.1. The van der Waals surface area contributed by atoms with Crippen LogP contribution in [-0.4, -0.2) is 43.0 Å². The minimum Gasteiger partial charge on any atom is -0.493 e. The van der Waals surface area contributed by atoms with E-state index >= 15 is 0 Å². The minimum absolute atomic E-state index is 0.0995. The molecule has 0 aromatic heterocycles. The number of carbonyl (C=O) groups is 2. The number of benzene rings is 2. The Morgan fingerprint density at radius 2 is 1.71 bits per heavy atom. The third kappa shape index (κ3) is 4.13. The van der Waals surface area contributed by atoms with Gasteiger partial charge in [0, 0.05) is 10.6 Å². The average molecular weight is 459 g/mol. The lowest BCUT2D eigenvalue weighted by molar-refractivity contribution is -0.287. The van der Waals surface area contributed by atoms with Crippen LogP contribution in [0.15, 0.2) is 42.5 Å². The lowest BCUT2D eigenvalue weighted by Gasteiger charge is -2.45.